The Kier molecular flexibility index (Phi) is 4.11. The molecule has 2 N–H and O–H groups in total. The van der Waals surface area contributed by atoms with Crippen LogP contribution in [0.5, 0.6) is 0 Å². The largest absolute Gasteiger partial charge is 0.369 e. The minimum atomic E-state index is -0.263. The van der Waals surface area contributed by atoms with E-state index >= 15 is 0 Å². The molecule has 1 aromatic heterocycles. The Hall–Kier alpha value is -2.53. The Morgan fingerprint density at radius 3 is 2.85 bits per heavy atom. The third kappa shape index (κ3) is 2.72. The summed E-state index contributed by atoms with van der Waals surface area (Å²) in [5, 5.41) is 0.683. The van der Waals surface area contributed by atoms with Gasteiger partial charge in [-0.2, -0.15) is 0 Å². The average molecular weight is 369 g/mol. The molecule has 1 amide bonds. The van der Waals surface area contributed by atoms with E-state index in [2.05, 4.69) is 22.5 Å². The number of nitrogens with zero attached hydrogens (tertiary/aromatic N) is 3. The minimum Gasteiger partial charge on any atom is -0.369 e. The maximum atomic E-state index is 11.9. The van der Waals surface area contributed by atoms with Crippen molar-refractivity contribution < 1.29 is 4.79 Å². The number of halogens is 1. The zero-order valence-electron chi connectivity index (χ0n) is 14.8. The van der Waals surface area contributed by atoms with Crippen LogP contribution in [0.3, 0.4) is 0 Å². The van der Waals surface area contributed by atoms with Crippen molar-refractivity contribution in [1.82, 2.24) is 9.55 Å². The van der Waals surface area contributed by atoms with E-state index < -0.39 is 0 Å². The van der Waals surface area contributed by atoms with E-state index in [9.17, 15) is 4.79 Å². The first kappa shape index (κ1) is 16.9. The number of carbonyl (C=O) groups excluding carboxylic acids is 1. The molecule has 2 atom stereocenters. The third-order valence-corrected chi connectivity index (χ3v) is 5.56. The molecular weight excluding hydrogens is 348 g/mol. The SMILES string of the molecule is C[C@H]1C[C@H](C(N)=O)c2ccccc2N1Cc1nc2cc(Cl)ccc2n1C. The fraction of sp³-hybridized carbons (Fsp3) is 0.300. The first-order valence-electron chi connectivity index (χ1n) is 8.71. The zero-order chi connectivity index (χ0) is 18.4. The van der Waals surface area contributed by atoms with Gasteiger partial charge in [-0.15, -0.1) is 0 Å². The van der Waals surface area contributed by atoms with Gasteiger partial charge < -0.3 is 15.2 Å². The molecule has 0 radical (unpaired) electrons. The number of rotatable bonds is 3. The first-order chi connectivity index (χ1) is 12.5. The summed E-state index contributed by atoms with van der Waals surface area (Å²) in [4.78, 5) is 19.0. The van der Waals surface area contributed by atoms with Gasteiger partial charge in [0.1, 0.15) is 5.82 Å². The van der Waals surface area contributed by atoms with Crippen LogP contribution >= 0.6 is 11.6 Å². The van der Waals surface area contributed by atoms with E-state index in [1.807, 2.05) is 43.4 Å². The summed E-state index contributed by atoms with van der Waals surface area (Å²) in [6.45, 7) is 2.79. The predicted molar refractivity (Wildman–Crippen MR) is 104 cm³/mol. The predicted octanol–water partition coefficient (Wildman–Crippen LogP) is 3.59. The Balaban J connectivity index is 1.75. The van der Waals surface area contributed by atoms with Crippen molar-refractivity contribution in [3.8, 4) is 0 Å². The molecule has 2 heterocycles. The lowest BCUT2D eigenvalue weighted by Crippen LogP contribution is -2.41. The number of benzene rings is 2. The van der Waals surface area contributed by atoms with Crippen LogP contribution < -0.4 is 10.6 Å². The Labute approximate surface area is 157 Å². The lowest BCUT2D eigenvalue weighted by molar-refractivity contribution is -0.119. The van der Waals surface area contributed by atoms with Gasteiger partial charge in [0.2, 0.25) is 5.91 Å². The van der Waals surface area contributed by atoms with Crippen LogP contribution in [-0.2, 0) is 18.4 Å². The Morgan fingerprint density at radius 1 is 1.31 bits per heavy atom. The molecule has 0 fully saturated rings. The van der Waals surface area contributed by atoms with Crippen molar-refractivity contribution in [2.45, 2.75) is 31.8 Å². The number of nitrogens with two attached hydrogens (primary N) is 1. The number of amides is 1. The number of aromatic nitrogens is 2. The zero-order valence-corrected chi connectivity index (χ0v) is 15.6. The van der Waals surface area contributed by atoms with Gasteiger partial charge in [-0.25, -0.2) is 4.98 Å². The van der Waals surface area contributed by atoms with Crippen LogP contribution in [0.25, 0.3) is 11.0 Å². The van der Waals surface area contributed by atoms with Crippen molar-refractivity contribution >= 4 is 34.2 Å². The number of hydrogen-bond acceptors (Lipinski definition) is 3. The van der Waals surface area contributed by atoms with Gasteiger partial charge in [0.15, 0.2) is 0 Å². The van der Waals surface area contributed by atoms with Gasteiger partial charge in [-0.05, 0) is 43.2 Å². The summed E-state index contributed by atoms with van der Waals surface area (Å²) >= 11 is 6.10. The van der Waals surface area contributed by atoms with Crippen molar-refractivity contribution in [2.75, 3.05) is 4.90 Å². The Morgan fingerprint density at radius 2 is 2.08 bits per heavy atom. The maximum absolute atomic E-state index is 11.9. The van der Waals surface area contributed by atoms with Gasteiger partial charge in [0, 0.05) is 23.8 Å². The summed E-state index contributed by atoms with van der Waals surface area (Å²) in [5.41, 5.74) is 9.65. The van der Waals surface area contributed by atoms with Gasteiger partial charge in [-0.1, -0.05) is 29.8 Å². The number of aryl methyl sites for hydroxylation is 1. The second kappa shape index (κ2) is 6.32. The number of anilines is 1. The molecule has 0 spiro atoms. The highest BCUT2D eigenvalue weighted by molar-refractivity contribution is 6.31. The number of imidazole rings is 1. The monoisotopic (exact) mass is 368 g/mol. The van der Waals surface area contributed by atoms with Crippen molar-refractivity contribution in [2.24, 2.45) is 12.8 Å². The molecule has 2 aromatic carbocycles. The molecule has 6 heteroatoms. The van der Waals surface area contributed by atoms with Crippen LogP contribution in [0.4, 0.5) is 5.69 Å². The normalized spacial score (nSPS) is 19.6. The van der Waals surface area contributed by atoms with Gasteiger partial charge in [0.25, 0.3) is 0 Å². The second-order valence-electron chi connectivity index (χ2n) is 6.95. The molecule has 0 bridgehead atoms. The van der Waals surface area contributed by atoms with E-state index in [1.54, 1.807) is 0 Å². The smallest absolute Gasteiger partial charge is 0.225 e. The molecule has 4 rings (SSSR count). The fourth-order valence-electron chi connectivity index (χ4n) is 3.90. The van der Waals surface area contributed by atoms with Gasteiger partial charge in [-0.3, -0.25) is 4.79 Å². The number of primary amides is 1. The molecule has 0 saturated carbocycles. The van der Waals surface area contributed by atoms with Crippen LogP contribution in [0, 0.1) is 0 Å². The summed E-state index contributed by atoms with van der Waals surface area (Å²) in [7, 11) is 2.02. The highest BCUT2D eigenvalue weighted by Crippen LogP contribution is 2.39. The minimum absolute atomic E-state index is 0.186. The molecule has 1 aliphatic heterocycles. The highest BCUT2D eigenvalue weighted by Gasteiger charge is 2.33. The van der Waals surface area contributed by atoms with E-state index in [0.29, 0.717) is 18.0 Å². The molecule has 134 valence electrons. The molecule has 0 aliphatic carbocycles. The van der Waals surface area contributed by atoms with Gasteiger partial charge in [0.05, 0.1) is 23.5 Å². The molecule has 3 aromatic rings. The van der Waals surface area contributed by atoms with Crippen LogP contribution in [-0.4, -0.2) is 21.5 Å². The summed E-state index contributed by atoms with van der Waals surface area (Å²) in [6.07, 6.45) is 0.710. The van der Waals surface area contributed by atoms with E-state index in [1.165, 1.54) is 0 Å². The summed E-state index contributed by atoms with van der Waals surface area (Å²) in [6, 6.07) is 14.0. The summed E-state index contributed by atoms with van der Waals surface area (Å²) in [5.74, 6) is 0.458. The van der Waals surface area contributed by atoms with Crippen LogP contribution in [0.1, 0.15) is 30.7 Å². The topological polar surface area (TPSA) is 64.2 Å². The summed E-state index contributed by atoms with van der Waals surface area (Å²) < 4.78 is 2.10. The Bertz CT molecular complexity index is 997. The number of hydrogen-bond donors (Lipinski definition) is 1. The van der Waals surface area contributed by atoms with Crippen LogP contribution in [0.2, 0.25) is 5.02 Å². The molecule has 26 heavy (non-hydrogen) atoms. The van der Waals surface area contributed by atoms with Gasteiger partial charge >= 0.3 is 0 Å². The number of para-hydroxylation sites is 1. The first-order valence-corrected chi connectivity index (χ1v) is 9.09. The fourth-order valence-corrected chi connectivity index (χ4v) is 4.07. The van der Waals surface area contributed by atoms with E-state index in [4.69, 9.17) is 22.3 Å². The number of carbonyl (C=O) groups is 1. The molecule has 5 nitrogen and oxygen atoms in total. The van der Waals surface area contributed by atoms with Crippen molar-refractivity contribution in [3.05, 3.63) is 58.9 Å². The van der Waals surface area contributed by atoms with E-state index in [0.717, 1.165) is 28.1 Å². The molecular formula is C20H21ClN4O. The lowest BCUT2D eigenvalue weighted by atomic mass is 9.85. The second-order valence-corrected chi connectivity index (χ2v) is 7.38. The molecule has 1 aliphatic rings. The van der Waals surface area contributed by atoms with E-state index in [-0.39, 0.29) is 17.9 Å². The lowest BCUT2D eigenvalue weighted by Gasteiger charge is -2.39. The van der Waals surface area contributed by atoms with Crippen molar-refractivity contribution in [1.29, 1.82) is 0 Å². The third-order valence-electron chi connectivity index (χ3n) is 5.32. The maximum Gasteiger partial charge on any atom is 0.225 e. The van der Waals surface area contributed by atoms with Crippen molar-refractivity contribution in [3.63, 3.8) is 0 Å². The standard InChI is InChI=1S/C20H21ClN4O/c1-12-9-15(20(22)26)14-5-3-4-6-17(14)25(12)11-19-23-16-10-13(21)7-8-18(16)24(19)2/h3-8,10,12,15H,9,11H2,1-2H3,(H2,22,26)/t12-,15-/m0/s1. The quantitative estimate of drug-likeness (QED) is 0.768. The average Bonchev–Trinajstić information content (AvgIpc) is 2.92. The highest BCUT2D eigenvalue weighted by atomic mass is 35.5. The van der Waals surface area contributed by atoms with Crippen LogP contribution in [0.15, 0.2) is 42.5 Å². The molecule has 0 unspecified atom stereocenters. The molecule has 0 saturated heterocycles. The number of fused-ring (bicyclic) bond motifs is 2.